The van der Waals surface area contributed by atoms with E-state index in [0.717, 1.165) is 22.4 Å². The van der Waals surface area contributed by atoms with E-state index < -0.39 is 12.1 Å². The topological polar surface area (TPSA) is 101 Å². The van der Waals surface area contributed by atoms with Crippen LogP contribution in [0.3, 0.4) is 0 Å². The summed E-state index contributed by atoms with van der Waals surface area (Å²) < 4.78 is 23.1. The SMILES string of the molecule is CCOc1cc(C)c(-c2nc3ccccc3c(=O)n2N=Cc2cc(Cl)c(O[C@@H](C)C(=O)OC)c(OC)c2)cc1C(C)C. The van der Waals surface area contributed by atoms with Gasteiger partial charge < -0.3 is 18.9 Å². The van der Waals surface area contributed by atoms with Gasteiger partial charge in [0.15, 0.2) is 23.4 Å². The van der Waals surface area contributed by atoms with Crippen LogP contribution >= 0.6 is 11.6 Å². The van der Waals surface area contributed by atoms with Crippen LogP contribution in [0.1, 0.15) is 50.3 Å². The number of fused-ring (bicyclic) bond motifs is 1. The molecular formula is C32H34ClN3O6. The minimum Gasteiger partial charge on any atom is -0.494 e. The van der Waals surface area contributed by atoms with Crippen molar-refractivity contribution in [3.05, 3.63) is 80.6 Å². The van der Waals surface area contributed by atoms with Crippen LogP contribution < -0.4 is 19.8 Å². The molecule has 0 saturated carbocycles. The van der Waals surface area contributed by atoms with E-state index in [2.05, 4.69) is 18.9 Å². The Balaban J connectivity index is 1.87. The molecule has 220 valence electrons. The summed E-state index contributed by atoms with van der Waals surface area (Å²) in [4.78, 5) is 30.5. The number of esters is 1. The molecule has 0 amide bonds. The lowest BCUT2D eigenvalue weighted by Crippen LogP contribution is -2.25. The number of aryl methyl sites for hydroxylation is 1. The number of hydrogen-bond donors (Lipinski definition) is 0. The summed E-state index contributed by atoms with van der Waals surface area (Å²) in [5.74, 6) is 1.28. The molecule has 0 aliphatic heterocycles. The van der Waals surface area contributed by atoms with Crippen LogP contribution in [0.4, 0.5) is 0 Å². The summed E-state index contributed by atoms with van der Waals surface area (Å²) in [6.45, 7) is 10.2. The molecule has 42 heavy (non-hydrogen) atoms. The number of carbonyl (C=O) groups is 1. The first-order chi connectivity index (χ1) is 20.1. The lowest BCUT2D eigenvalue weighted by atomic mass is 9.96. The molecule has 0 fully saturated rings. The number of hydrogen-bond acceptors (Lipinski definition) is 8. The Labute approximate surface area is 249 Å². The molecule has 4 rings (SSSR count). The minimum absolute atomic E-state index is 0.173. The van der Waals surface area contributed by atoms with Crippen molar-refractivity contribution in [2.45, 2.75) is 46.6 Å². The van der Waals surface area contributed by atoms with E-state index in [1.165, 1.54) is 25.1 Å². The number of para-hydroxylation sites is 1. The predicted octanol–water partition coefficient (Wildman–Crippen LogP) is 6.38. The lowest BCUT2D eigenvalue weighted by molar-refractivity contribution is -0.147. The second kappa shape index (κ2) is 13.1. The molecule has 1 aromatic heterocycles. The van der Waals surface area contributed by atoms with E-state index in [0.29, 0.717) is 28.9 Å². The smallest absolute Gasteiger partial charge is 0.346 e. The van der Waals surface area contributed by atoms with Gasteiger partial charge in [0, 0.05) is 5.56 Å². The van der Waals surface area contributed by atoms with Gasteiger partial charge in [-0.05, 0) is 79.8 Å². The minimum atomic E-state index is -0.904. The Hall–Kier alpha value is -4.37. The maximum atomic E-state index is 13.8. The Bertz CT molecular complexity index is 1710. The number of aromatic nitrogens is 2. The van der Waals surface area contributed by atoms with Gasteiger partial charge in [-0.25, -0.2) is 9.78 Å². The largest absolute Gasteiger partial charge is 0.494 e. The van der Waals surface area contributed by atoms with E-state index in [1.807, 2.05) is 32.0 Å². The molecule has 0 aliphatic rings. The van der Waals surface area contributed by atoms with Gasteiger partial charge in [-0.1, -0.05) is 37.6 Å². The molecule has 0 bridgehead atoms. The zero-order chi connectivity index (χ0) is 30.6. The number of carbonyl (C=O) groups excluding carboxylic acids is 1. The molecule has 3 aromatic carbocycles. The molecule has 1 heterocycles. The van der Waals surface area contributed by atoms with Crippen molar-refractivity contribution in [2.75, 3.05) is 20.8 Å². The second-order valence-corrected chi connectivity index (χ2v) is 10.3. The monoisotopic (exact) mass is 591 g/mol. The van der Waals surface area contributed by atoms with Crippen molar-refractivity contribution in [1.29, 1.82) is 0 Å². The quantitative estimate of drug-likeness (QED) is 0.156. The number of methoxy groups -OCH3 is 2. The lowest BCUT2D eigenvalue weighted by Gasteiger charge is -2.18. The fourth-order valence-electron chi connectivity index (χ4n) is 4.52. The van der Waals surface area contributed by atoms with Gasteiger partial charge in [-0.15, -0.1) is 0 Å². The van der Waals surface area contributed by atoms with Crippen LogP contribution in [0.5, 0.6) is 17.2 Å². The predicted molar refractivity (Wildman–Crippen MR) is 165 cm³/mol. The highest BCUT2D eigenvalue weighted by atomic mass is 35.5. The summed E-state index contributed by atoms with van der Waals surface area (Å²) in [7, 11) is 2.73. The Kier molecular flexibility index (Phi) is 9.52. The van der Waals surface area contributed by atoms with Gasteiger partial charge in [-0.2, -0.15) is 9.78 Å². The molecule has 4 aromatic rings. The molecule has 1 atom stereocenters. The van der Waals surface area contributed by atoms with Crippen LogP contribution in [0, 0.1) is 6.92 Å². The normalized spacial score (nSPS) is 12.1. The number of nitrogens with zero attached hydrogens (tertiary/aromatic N) is 3. The Morgan fingerprint density at radius 3 is 2.50 bits per heavy atom. The molecule has 0 unspecified atom stereocenters. The highest BCUT2D eigenvalue weighted by Crippen LogP contribution is 2.37. The van der Waals surface area contributed by atoms with Gasteiger partial charge in [0.2, 0.25) is 0 Å². The fraction of sp³-hybridized carbons (Fsp3) is 0.312. The van der Waals surface area contributed by atoms with Gasteiger partial charge >= 0.3 is 5.97 Å². The molecule has 10 heteroatoms. The summed E-state index contributed by atoms with van der Waals surface area (Å²) in [6, 6.07) is 14.4. The molecule has 0 aliphatic carbocycles. The number of rotatable bonds is 10. The van der Waals surface area contributed by atoms with E-state index >= 15 is 0 Å². The highest BCUT2D eigenvalue weighted by Gasteiger charge is 2.21. The van der Waals surface area contributed by atoms with Crippen molar-refractivity contribution in [3.8, 4) is 28.6 Å². The van der Waals surface area contributed by atoms with E-state index in [1.54, 1.807) is 37.3 Å². The van der Waals surface area contributed by atoms with Gasteiger partial charge in [0.05, 0.1) is 43.0 Å². The molecule has 0 saturated heterocycles. The zero-order valence-electron chi connectivity index (χ0n) is 24.7. The summed E-state index contributed by atoms with van der Waals surface area (Å²) in [5.41, 5.74) is 3.43. The second-order valence-electron chi connectivity index (χ2n) is 9.92. The zero-order valence-corrected chi connectivity index (χ0v) is 25.5. The molecular weight excluding hydrogens is 558 g/mol. The van der Waals surface area contributed by atoms with Crippen LogP contribution in [-0.4, -0.2) is 48.8 Å². The van der Waals surface area contributed by atoms with Gasteiger partial charge in [0.1, 0.15) is 5.75 Å². The van der Waals surface area contributed by atoms with Crippen molar-refractivity contribution in [2.24, 2.45) is 5.10 Å². The summed E-state index contributed by atoms with van der Waals surface area (Å²) in [5, 5.41) is 5.21. The fourth-order valence-corrected chi connectivity index (χ4v) is 4.78. The standard InChI is InChI=1S/C32H34ClN3O6/c1-8-41-27-13-19(4)24(16-23(27)18(2)3)30-35-26-12-10-9-11-22(26)31(37)36(30)34-17-21-14-25(33)29(28(15-21)39-6)42-20(5)32(38)40-7/h9-18,20H,8H2,1-7H3/t20-/m0/s1. The maximum absolute atomic E-state index is 13.8. The third-order valence-corrected chi connectivity index (χ3v) is 6.96. The first kappa shape index (κ1) is 30.6. The number of ether oxygens (including phenoxy) is 4. The van der Waals surface area contributed by atoms with E-state index in [-0.39, 0.29) is 28.0 Å². The van der Waals surface area contributed by atoms with Crippen LogP contribution in [0.15, 0.2) is 58.4 Å². The third-order valence-electron chi connectivity index (χ3n) is 6.68. The maximum Gasteiger partial charge on any atom is 0.346 e. The summed E-state index contributed by atoms with van der Waals surface area (Å²) >= 11 is 6.52. The first-order valence-corrected chi connectivity index (χ1v) is 13.9. The first-order valence-electron chi connectivity index (χ1n) is 13.5. The summed E-state index contributed by atoms with van der Waals surface area (Å²) in [6.07, 6.45) is 0.593. The average molecular weight is 592 g/mol. The van der Waals surface area contributed by atoms with Crippen molar-refractivity contribution < 1.29 is 23.7 Å². The van der Waals surface area contributed by atoms with Gasteiger partial charge in [0.25, 0.3) is 5.56 Å². The average Bonchev–Trinajstić information content (AvgIpc) is 2.97. The molecule has 0 radical (unpaired) electrons. The number of benzene rings is 3. The van der Waals surface area contributed by atoms with Crippen LogP contribution in [-0.2, 0) is 9.53 Å². The molecule has 0 spiro atoms. The van der Waals surface area contributed by atoms with E-state index in [9.17, 15) is 9.59 Å². The Morgan fingerprint density at radius 2 is 1.83 bits per heavy atom. The van der Waals surface area contributed by atoms with Crippen LogP contribution in [0.25, 0.3) is 22.3 Å². The third kappa shape index (κ3) is 6.26. The van der Waals surface area contributed by atoms with Crippen molar-refractivity contribution in [3.63, 3.8) is 0 Å². The van der Waals surface area contributed by atoms with E-state index in [4.69, 9.17) is 35.5 Å². The van der Waals surface area contributed by atoms with Crippen molar-refractivity contribution >= 4 is 34.7 Å². The van der Waals surface area contributed by atoms with Crippen molar-refractivity contribution in [1.82, 2.24) is 9.66 Å². The molecule has 0 N–H and O–H groups in total. The van der Waals surface area contributed by atoms with Crippen LogP contribution in [0.2, 0.25) is 5.02 Å². The Morgan fingerprint density at radius 1 is 1.10 bits per heavy atom. The highest BCUT2D eigenvalue weighted by molar-refractivity contribution is 6.32. The molecule has 9 nitrogen and oxygen atoms in total. The number of halogens is 1. The van der Waals surface area contributed by atoms with Gasteiger partial charge in [-0.3, -0.25) is 4.79 Å².